The summed E-state index contributed by atoms with van der Waals surface area (Å²) in [6, 6.07) is 0. The van der Waals surface area contributed by atoms with Gasteiger partial charge in [-0.1, -0.05) is 0 Å². The van der Waals surface area contributed by atoms with E-state index >= 15 is 0 Å². The highest BCUT2D eigenvalue weighted by molar-refractivity contribution is 5.53. The number of rotatable bonds is 1. The summed E-state index contributed by atoms with van der Waals surface area (Å²) in [6.45, 7) is 0. The van der Waals surface area contributed by atoms with E-state index in [1.54, 1.807) is 0 Å². The summed E-state index contributed by atoms with van der Waals surface area (Å²) in [5, 5.41) is 19.3. The Labute approximate surface area is 56.7 Å². The highest BCUT2D eigenvalue weighted by atomic mass is 15.2. The predicted molar refractivity (Wildman–Crippen MR) is 35.9 cm³/mol. The molecular formula is C4H8N6. The van der Waals surface area contributed by atoms with Crippen molar-refractivity contribution in [3.63, 3.8) is 0 Å². The zero-order chi connectivity index (χ0) is 7.56. The zero-order valence-electron chi connectivity index (χ0n) is 5.47. The van der Waals surface area contributed by atoms with Gasteiger partial charge in [-0.2, -0.15) is 5.11 Å². The second kappa shape index (κ2) is 2.34. The molecule has 5 N–H and O–H groups in total. The average molecular weight is 140 g/mol. The van der Waals surface area contributed by atoms with Crippen LogP contribution in [0.4, 0.5) is 11.5 Å². The second-order valence-corrected chi connectivity index (χ2v) is 1.69. The highest BCUT2D eigenvalue weighted by Crippen LogP contribution is 2.10. The molecule has 0 aromatic carbocycles. The first-order valence-corrected chi connectivity index (χ1v) is 2.66. The molecule has 1 aromatic heterocycles. The Hall–Kier alpha value is -1.59. The molecule has 6 heteroatoms. The van der Waals surface area contributed by atoms with Crippen molar-refractivity contribution in [2.45, 2.75) is 0 Å². The van der Waals surface area contributed by atoms with Crippen molar-refractivity contribution >= 4 is 11.5 Å². The summed E-state index contributed by atoms with van der Waals surface area (Å²) in [6.07, 6.45) is 0. The minimum atomic E-state index is 0.142. The third kappa shape index (κ3) is 0.903. The molecular weight excluding hydrogens is 132 g/mol. The number of azo groups is 1. The molecule has 0 aliphatic carbocycles. The molecule has 0 unspecified atom stereocenters. The van der Waals surface area contributed by atoms with E-state index < -0.39 is 0 Å². The number of hydrogen-bond acceptors (Lipinski definition) is 4. The van der Waals surface area contributed by atoms with Gasteiger partial charge in [0, 0.05) is 7.05 Å². The van der Waals surface area contributed by atoms with Gasteiger partial charge in [-0.15, -0.1) is 5.11 Å². The molecule has 1 rings (SSSR count). The van der Waals surface area contributed by atoms with Crippen molar-refractivity contribution in [2.24, 2.45) is 10.2 Å². The number of nitrogens with zero attached hydrogens (tertiary/aromatic N) is 2. The van der Waals surface area contributed by atoms with Crippen LogP contribution in [0.5, 0.6) is 0 Å². The van der Waals surface area contributed by atoms with Gasteiger partial charge in [-0.05, 0) is 0 Å². The Morgan fingerprint density at radius 1 is 1.50 bits per heavy atom. The maximum absolute atomic E-state index is 7.17. The van der Waals surface area contributed by atoms with Crippen molar-refractivity contribution in [3.8, 4) is 0 Å². The summed E-state index contributed by atoms with van der Waals surface area (Å²) in [7, 11) is 1.52. The van der Waals surface area contributed by atoms with Crippen LogP contribution in [0, 0.1) is 5.41 Å². The van der Waals surface area contributed by atoms with Crippen LogP contribution < -0.4 is 11.2 Å². The Bertz CT molecular complexity index is 291. The van der Waals surface area contributed by atoms with Crippen LogP contribution in [-0.4, -0.2) is 17.2 Å². The molecule has 0 saturated carbocycles. The zero-order valence-corrected chi connectivity index (χ0v) is 5.47. The summed E-state index contributed by atoms with van der Waals surface area (Å²) < 4.78 is 0. The third-order valence-electron chi connectivity index (χ3n) is 1.01. The van der Waals surface area contributed by atoms with Crippen molar-refractivity contribution in [2.75, 3.05) is 12.8 Å². The van der Waals surface area contributed by atoms with Crippen molar-refractivity contribution in [1.29, 1.82) is 5.41 Å². The maximum Gasteiger partial charge on any atom is 0.170 e. The van der Waals surface area contributed by atoms with Gasteiger partial charge in [0.1, 0.15) is 5.82 Å². The smallest absolute Gasteiger partial charge is 0.170 e. The molecule has 0 fully saturated rings. The van der Waals surface area contributed by atoms with Crippen LogP contribution in [0.2, 0.25) is 0 Å². The number of aromatic nitrogens is 2. The van der Waals surface area contributed by atoms with Crippen molar-refractivity contribution in [1.82, 2.24) is 10.2 Å². The van der Waals surface area contributed by atoms with E-state index in [2.05, 4.69) is 20.4 Å². The monoisotopic (exact) mass is 140 g/mol. The van der Waals surface area contributed by atoms with Crippen molar-refractivity contribution < 1.29 is 0 Å². The number of anilines is 1. The average Bonchev–Trinajstić information content (AvgIpc) is 2.20. The van der Waals surface area contributed by atoms with E-state index in [9.17, 15) is 0 Å². The van der Waals surface area contributed by atoms with Crippen LogP contribution in [0.1, 0.15) is 0 Å². The van der Waals surface area contributed by atoms with Crippen molar-refractivity contribution in [3.05, 3.63) is 5.49 Å². The molecule has 54 valence electrons. The normalized spacial score (nSPS) is 10.9. The van der Waals surface area contributed by atoms with Gasteiger partial charge in [0.15, 0.2) is 11.2 Å². The van der Waals surface area contributed by atoms with Gasteiger partial charge in [-0.3, -0.25) is 15.6 Å². The maximum atomic E-state index is 7.17. The fraction of sp³-hybridized carbons (Fsp3) is 0.250. The van der Waals surface area contributed by atoms with Gasteiger partial charge in [0.2, 0.25) is 0 Å². The van der Waals surface area contributed by atoms with E-state index in [-0.39, 0.29) is 5.49 Å². The first-order valence-electron chi connectivity index (χ1n) is 2.66. The minimum Gasteiger partial charge on any atom is -0.382 e. The van der Waals surface area contributed by atoms with E-state index in [1.165, 1.54) is 7.05 Å². The van der Waals surface area contributed by atoms with Crippen LogP contribution in [0.3, 0.4) is 0 Å². The summed E-state index contributed by atoms with van der Waals surface area (Å²) >= 11 is 0. The number of nitrogens with two attached hydrogens (primary N) is 1. The molecule has 0 amide bonds. The fourth-order valence-corrected chi connectivity index (χ4v) is 0.587. The highest BCUT2D eigenvalue weighted by Gasteiger charge is 1.99. The van der Waals surface area contributed by atoms with Crippen LogP contribution in [0.25, 0.3) is 0 Å². The first-order chi connectivity index (χ1) is 4.75. The summed E-state index contributed by atoms with van der Waals surface area (Å²) in [4.78, 5) is 0. The number of nitrogens with one attached hydrogen (secondary N) is 3. The standard InChI is InChI=1S/C4H8N6/c1-7-8-2-3(5)9-10-4(2)6/h1H3,(H5,5,6,9,10). The van der Waals surface area contributed by atoms with Gasteiger partial charge < -0.3 is 5.73 Å². The molecule has 0 aliphatic rings. The van der Waals surface area contributed by atoms with E-state index in [0.29, 0.717) is 11.5 Å². The molecule has 0 bridgehead atoms. The number of nitrogen functional groups attached to an aromatic ring is 1. The summed E-state index contributed by atoms with van der Waals surface area (Å²) in [5.41, 5.74) is 5.86. The quantitative estimate of drug-likeness (QED) is 0.408. The lowest BCUT2D eigenvalue weighted by Crippen LogP contribution is -1.97. The van der Waals surface area contributed by atoms with Gasteiger partial charge in [-0.25, -0.2) is 0 Å². The Balaban J connectivity index is 3.23. The molecule has 1 heterocycles. The van der Waals surface area contributed by atoms with E-state index in [4.69, 9.17) is 11.1 Å². The molecule has 10 heavy (non-hydrogen) atoms. The van der Waals surface area contributed by atoms with E-state index in [1.807, 2.05) is 0 Å². The number of H-pyrrole nitrogens is 2. The Morgan fingerprint density at radius 2 is 2.20 bits per heavy atom. The number of hydrogen-bond donors (Lipinski definition) is 4. The van der Waals surface area contributed by atoms with E-state index in [0.717, 1.165) is 0 Å². The topological polar surface area (TPSA) is 106 Å². The third-order valence-corrected chi connectivity index (χ3v) is 1.01. The SMILES string of the molecule is CN=Nc1c(N)[nH][nH]c1=N. The Kier molecular flexibility index (Phi) is 1.53. The summed E-state index contributed by atoms with van der Waals surface area (Å²) in [5.74, 6) is 0.329. The number of aromatic amines is 2. The predicted octanol–water partition coefficient (Wildman–Crippen LogP) is 0.118. The molecule has 0 spiro atoms. The van der Waals surface area contributed by atoms with Crippen LogP contribution >= 0.6 is 0 Å². The second-order valence-electron chi connectivity index (χ2n) is 1.69. The lowest BCUT2D eigenvalue weighted by molar-refractivity contribution is 0.998. The Morgan fingerprint density at radius 3 is 2.60 bits per heavy atom. The van der Waals surface area contributed by atoms with Gasteiger partial charge in [0.05, 0.1) is 0 Å². The lowest BCUT2D eigenvalue weighted by Gasteiger charge is -1.83. The minimum absolute atomic E-state index is 0.142. The fourth-order valence-electron chi connectivity index (χ4n) is 0.587. The molecule has 0 saturated heterocycles. The molecule has 6 nitrogen and oxygen atoms in total. The van der Waals surface area contributed by atoms with Crippen LogP contribution in [-0.2, 0) is 0 Å². The molecule has 1 aromatic rings. The van der Waals surface area contributed by atoms with Crippen LogP contribution in [0.15, 0.2) is 10.2 Å². The molecule has 0 radical (unpaired) electrons. The lowest BCUT2D eigenvalue weighted by atomic mass is 10.5. The first kappa shape index (κ1) is 6.53. The van der Waals surface area contributed by atoms with Gasteiger partial charge >= 0.3 is 0 Å². The molecule has 0 aliphatic heterocycles. The van der Waals surface area contributed by atoms with Gasteiger partial charge in [0.25, 0.3) is 0 Å². The largest absolute Gasteiger partial charge is 0.382 e. The molecule has 0 atom stereocenters.